The maximum atomic E-state index is 12.4. The second-order valence-corrected chi connectivity index (χ2v) is 9.07. The Hall–Kier alpha value is -2.94. The van der Waals surface area contributed by atoms with E-state index in [2.05, 4.69) is 10.3 Å². The van der Waals surface area contributed by atoms with Crippen LogP contribution in [0.1, 0.15) is 5.56 Å². The van der Waals surface area contributed by atoms with Crippen molar-refractivity contribution in [3.8, 4) is 0 Å². The molecule has 1 fully saturated rings. The Kier molecular flexibility index (Phi) is 6.48. The van der Waals surface area contributed by atoms with Crippen LogP contribution in [0.2, 0.25) is 0 Å². The summed E-state index contributed by atoms with van der Waals surface area (Å²) in [4.78, 5) is 32.3. The van der Waals surface area contributed by atoms with Gasteiger partial charge >= 0.3 is 0 Å². The van der Waals surface area contributed by atoms with Gasteiger partial charge in [0.15, 0.2) is 9.84 Å². The molecule has 1 aliphatic rings. The number of benzene rings is 1. The topological polar surface area (TPSA) is 99.7 Å². The van der Waals surface area contributed by atoms with E-state index in [4.69, 9.17) is 0 Å². The van der Waals surface area contributed by atoms with E-state index < -0.39 is 33.2 Å². The predicted octanol–water partition coefficient (Wildman–Crippen LogP) is 1.09. The molecule has 0 aliphatic carbocycles. The number of sulfone groups is 1. The van der Waals surface area contributed by atoms with Gasteiger partial charge in [0.1, 0.15) is 17.3 Å². The number of aryl methyl sites for hydroxylation is 1. The Bertz CT molecular complexity index is 954. The molecule has 1 aromatic heterocycles. The summed E-state index contributed by atoms with van der Waals surface area (Å²) in [5.74, 6) is -1.69. The fraction of sp³-hybridized carbons (Fsp3) is 0.350. The lowest BCUT2D eigenvalue weighted by atomic mass is 10.2. The quantitative estimate of drug-likeness (QED) is 0.757. The number of carbonyl (C=O) groups excluding carboxylic acids is 2. The van der Waals surface area contributed by atoms with E-state index in [-0.39, 0.29) is 0 Å². The van der Waals surface area contributed by atoms with Crippen LogP contribution in [0.25, 0.3) is 0 Å². The number of hydrogen-bond acceptors (Lipinski definition) is 6. The van der Waals surface area contributed by atoms with Gasteiger partial charge in [-0.05, 0) is 31.2 Å². The van der Waals surface area contributed by atoms with Crippen molar-refractivity contribution < 1.29 is 18.0 Å². The maximum absolute atomic E-state index is 12.4. The van der Waals surface area contributed by atoms with Crippen molar-refractivity contribution in [2.24, 2.45) is 0 Å². The Morgan fingerprint density at radius 3 is 2.31 bits per heavy atom. The standard InChI is InChI=1S/C20H24N4O4S/c1-16-5-7-17(8-6-16)22-19(25)14-29(27,28)15-20(26)24-12-10-23(11-13-24)18-4-2-3-9-21-18/h2-9H,10-15H2,1H3,(H,22,25). The van der Waals surface area contributed by atoms with Crippen LogP contribution in [0, 0.1) is 6.92 Å². The minimum absolute atomic E-state index is 0.417. The second-order valence-electron chi connectivity index (χ2n) is 7.00. The average Bonchev–Trinajstić information content (AvgIpc) is 2.69. The molecular weight excluding hydrogens is 392 g/mol. The number of rotatable bonds is 6. The third-order valence-corrected chi connectivity index (χ3v) is 6.02. The van der Waals surface area contributed by atoms with Crippen molar-refractivity contribution in [1.82, 2.24) is 9.88 Å². The number of piperazine rings is 1. The monoisotopic (exact) mass is 416 g/mol. The van der Waals surface area contributed by atoms with Gasteiger partial charge in [-0.2, -0.15) is 0 Å². The van der Waals surface area contributed by atoms with Crippen LogP contribution in [-0.4, -0.2) is 67.8 Å². The number of hydrogen-bond donors (Lipinski definition) is 1. The third kappa shape index (κ3) is 6.02. The lowest BCUT2D eigenvalue weighted by Crippen LogP contribution is -2.50. The molecule has 9 heteroatoms. The van der Waals surface area contributed by atoms with Crippen molar-refractivity contribution in [3.05, 3.63) is 54.2 Å². The van der Waals surface area contributed by atoms with Crippen LogP contribution < -0.4 is 10.2 Å². The first-order valence-corrected chi connectivity index (χ1v) is 11.2. The van der Waals surface area contributed by atoms with E-state index in [0.717, 1.165) is 11.4 Å². The highest BCUT2D eigenvalue weighted by Crippen LogP contribution is 2.13. The summed E-state index contributed by atoms with van der Waals surface area (Å²) < 4.78 is 24.6. The second kappa shape index (κ2) is 9.04. The largest absolute Gasteiger partial charge is 0.353 e. The molecule has 0 unspecified atom stereocenters. The molecule has 0 spiro atoms. The van der Waals surface area contributed by atoms with Crippen LogP contribution >= 0.6 is 0 Å². The lowest BCUT2D eigenvalue weighted by Gasteiger charge is -2.35. The SMILES string of the molecule is Cc1ccc(NC(=O)CS(=O)(=O)CC(=O)N2CCN(c3ccccn3)CC2)cc1. The summed E-state index contributed by atoms with van der Waals surface area (Å²) in [7, 11) is -3.85. The molecule has 8 nitrogen and oxygen atoms in total. The van der Waals surface area contributed by atoms with Crippen molar-refractivity contribution >= 4 is 33.2 Å². The van der Waals surface area contributed by atoms with E-state index in [1.165, 1.54) is 4.90 Å². The minimum Gasteiger partial charge on any atom is -0.353 e. The van der Waals surface area contributed by atoms with Crippen LogP contribution in [0.3, 0.4) is 0 Å². The van der Waals surface area contributed by atoms with Gasteiger partial charge in [-0.25, -0.2) is 13.4 Å². The molecule has 1 aliphatic heterocycles. The van der Waals surface area contributed by atoms with Gasteiger partial charge in [0.25, 0.3) is 0 Å². The first-order chi connectivity index (χ1) is 13.8. The minimum atomic E-state index is -3.85. The Morgan fingerprint density at radius 1 is 1.00 bits per heavy atom. The number of anilines is 2. The van der Waals surface area contributed by atoms with Gasteiger partial charge in [-0.15, -0.1) is 0 Å². The zero-order valence-corrected chi connectivity index (χ0v) is 17.1. The average molecular weight is 417 g/mol. The van der Waals surface area contributed by atoms with Gasteiger partial charge in [0, 0.05) is 38.1 Å². The van der Waals surface area contributed by atoms with E-state index >= 15 is 0 Å². The normalized spacial score (nSPS) is 14.5. The molecule has 3 rings (SSSR count). The molecule has 0 atom stereocenters. The van der Waals surface area contributed by atoms with Crippen LogP contribution in [-0.2, 0) is 19.4 Å². The van der Waals surface area contributed by atoms with Gasteiger partial charge in [0.05, 0.1) is 0 Å². The molecule has 1 saturated heterocycles. The van der Waals surface area contributed by atoms with Gasteiger partial charge in [0.2, 0.25) is 11.8 Å². The lowest BCUT2D eigenvalue weighted by molar-refractivity contribution is -0.128. The smallest absolute Gasteiger partial charge is 0.239 e. The van der Waals surface area contributed by atoms with Crippen molar-refractivity contribution in [1.29, 1.82) is 0 Å². The Balaban J connectivity index is 1.49. The number of amides is 2. The fourth-order valence-electron chi connectivity index (χ4n) is 3.09. The first kappa shape index (κ1) is 20.8. The fourth-order valence-corrected chi connectivity index (χ4v) is 4.22. The van der Waals surface area contributed by atoms with Gasteiger partial charge in [-0.3, -0.25) is 9.59 Å². The summed E-state index contributed by atoms with van der Waals surface area (Å²) >= 11 is 0. The highest BCUT2D eigenvalue weighted by molar-refractivity contribution is 7.92. The number of pyridine rings is 1. The molecule has 0 bridgehead atoms. The summed E-state index contributed by atoms with van der Waals surface area (Å²) in [6.07, 6.45) is 1.71. The van der Waals surface area contributed by atoms with Gasteiger partial charge in [-0.1, -0.05) is 23.8 Å². The summed E-state index contributed by atoms with van der Waals surface area (Å²) in [5, 5.41) is 2.55. The van der Waals surface area contributed by atoms with Crippen molar-refractivity contribution in [2.75, 3.05) is 47.9 Å². The molecule has 2 heterocycles. The molecule has 1 aromatic carbocycles. The van der Waals surface area contributed by atoms with Crippen molar-refractivity contribution in [2.45, 2.75) is 6.92 Å². The number of aromatic nitrogens is 1. The molecule has 154 valence electrons. The highest BCUT2D eigenvalue weighted by Gasteiger charge is 2.27. The van der Waals surface area contributed by atoms with E-state index in [9.17, 15) is 18.0 Å². The first-order valence-electron chi connectivity index (χ1n) is 9.33. The van der Waals surface area contributed by atoms with E-state index in [0.29, 0.717) is 31.9 Å². The number of carbonyl (C=O) groups is 2. The van der Waals surface area contributed by atoms with E-state index in [1.807, 2.05) is 42.2 Å². The summed E-state index contributed by atoms with van der Waals surface area (Å²) in [6.45, 7) is 3.91. The molecule has 2 amide bonds. The Morgan fingerprint density at radius 2 is 1.69 bits per heavy atom. The summed E-state index contributed by atoms with van der Waals surface area (Å²) in [5.41, 5.74) is 1.55. The summed E-state index contributed by atoms with van der Waals surface area (Å²) in [6, 6.07) is 12.7. The zero-order valence-electron chi connectivity index (χ0n) is 16.2. The zero-order chi connectivity index (χ0) is 20.9. The molecule has 1 N–H and O–H groups in total. The number of nitrogens with one attached hydrogen (secondary N) is 1. The number of nitrogens with zero attached hydrogens (tertiary/aromatic N) is 3. The van der Waals surface area contributed by atoms with Crippen LogP contribution in [0.15, 0.2) is 48.7 Å². The maximum Gasteiger partial charge on any atom is 0.239 e. The van der Waals surface area contributed by atoms with Gasteiger partial charge < -0.3 is 15.1 Å². The molecule has 2 aromatic rings. The van der Waals surface area contributed by atoms with E-state index in [1.54, 1.807) is 18.3 Å². The van der Waals surface area contributed by atoms with Crippen molar-refractivity contribution in [3.63, 3.8) is 0 Å². The molecular formula is C20H24N4O4S. The van der Waals surface area contributed by atoms with Crippen LogP contribution in [0.4, 0.5) is 11.5 Å². The molecule has 0 radical (unpaired) electrons. The Labute approximate surface area is 170 Å². The highest BCUT2D eigenvalue weighted by atomic mass is 32.2. The molecule has 0 saturated carbocycles. The third-order valence-electron chi connectivity index (χ3n) is 4.64. The predicted molar refractivity (Wildman–Crippen MR) is 111 cm³/mol. The molecule has 29 heavy (non-hydrogen) atoms. The van der Waals surface area contributed by atoms with Crippen LogP contribution in [0.5, 0.6) is 0 Å².